The second-order valence-corrected chi connectivity index (χ2v) is 8.66. The van der Waals surface area contributed by atoms with E-state index >= 15 is 0 Å². The van der Waals surface area contributed by atoms with Crippen molar-refractivity contribution in [3.63, 3.8) is 0 Å². The van der Waals surface area contributed by atoms with E-state index in [0.717, 1.165) is 38.5 Å². The van der Waals surface area contributed by atoms with E-state index in [1.807, 2.05) is 0 Å². The number of rotatable bonds is 4. The van der Waals surface area contributed by atoms with Crippen LogP contribution < -0.4 is 9.44 Å². The van der Waals surface area contributed by atoms with Gasteiger partial charge in [0.2, 0.25) is 0 Å². The summed E-state index contributed by atoms with van der Waals surface area (Å²) in [6.45, 7) is 4.11. The van der Waals surface area contributed by atoms with Crippen molar-refractivity contribution < 1.29 is 25.9 Å². The van der Waals surface area contributed by atoms with Crippen LogP contribution in [0.25, 0.3) is 0 Å². The molecule has 8 nitrogen and oxygen atoms in total. The summed E-state index contributed by atoms with van der Waals surface area (Å²) in [6.07, 6.45) is 5.19. The van der Waals surface area contributed by atoms with Crippen LogP contribution >= 0.6 is 0 Å². The quantitative estimate of drug-likeness (QED) is 0.509. The molecule has 11 heteroatoms. The van der Waals surface area contributed by atoms with Gasteiger partial charge in [-0.05, 0) is 50.4 Å². The molecule has 2 saturated carbocycles. The molecule has 0 aliphatic heterocycles. The van der Waals surface area contributed by atoms with Crippen molar-refractivity contribution in [2.45, 2.75) is 64.5 Å². The van der Waals surface area contributed by atoms with Crippen LogP contribution in [-0.2, 0) is 20.6 Å². The van der Waals surface area contributed by atoms with Gasteiger partial charge >= 0.3 is 37.7 Å². The van der Waals surface area contributed by atoms with E-state index in [9.17, 15) is 25.9 Å². The predicted octanol–water partition coefficient (Wildman–Crippen LogP) is 0.0688. The van der Waals surface area contributed by atoms with Crippen LogP contribution in [0.3, 0.4) is 0 Å². The van der Waals surface area contributed by atoms with Gasteiger partial charge in [-0.15, -0.1) is 0 Å². The molecule has 23 heavy (non-hydrogen) atoms. The summed E-state index contributed by atoms with van der Waals surface area (Å²) in [5, 5.41) is 0. The van der Waals surface area contributed by atoms with Crippen LogP contribution in [-0.4, -0.2) is 75.8 Å². The molecule has 132 valence electrons. The smallest absolute Gasteiger partial charge is 0.735 e. The van der Waals surface area contributed by atoms with Gasteiger partial charge in [0, 0.05) is 12.1 Å². The second-order valence-electron chi connectivity index (χ2n) is 6.37. The summed E-state index contributed by atoms with van der Waals surface area (Å²) in [5.74, 6) is 1.07. The Labute approximate surface area is 168 Å². The third-order valence-electron chi connectivity index (χ3n) is 4.01. The monoisotopic (exact) mass is 396 g/mol. The van der Waals surface area contributed by atoms with Crippen LogP contribution in [0, 0.1) is 11.8 Å². The van der Waals surface area contributed by atoms with E-state index in [1.165, 1.54) is 0 Å². The molecule has 0 spiro atoms. The summed E-state index contributed by atoms with van der Waals surface area (Å²) in [6, 6.07) is -0.236. The van der Waals surface area contributed by atoms with Crippen molar-refractivity contribution >= 4 is 58.3 Å². The number of nitrogens with one attached hydrogen (secondary N) is 2. The van der Waals surface area contributed by atoms with Gasteiger partial charge in [-0.1, -0.05) is 13.8 Å². The molecule has 2 rings (SSSR count). The maximum absolute atomic E-state index is 10.2. The molecule has 2 N–H and O–H groups in total. The SMILES string of the molecule is CC1CCC(NS(=O)(=O)[O-])C1.CC1CCC(NS(=O)(=O)[O-])C1.[Ca+2]. The maximum Gasteiger partial charge on any atom is 2.00 e. The van der Waals surface area contributed by atoms with Crippen molar-refractivity contribution in [1.29, 1.82) is 0 Å². The zero-order chi connectivity index (χ0) is 17.0. The van der Waals surface area contributed by atoms with E-state index in [2.05, 4.69) is 23.3 Å². The summed E-state index contributed by atoms with van der Waals surface area (Å²) in [5.41, 5.74) is 0. The summed E-state index contributed by atoms with van der Waals surface area (Å²) in [4.78, 5) is 0. The fraction of sp³-hybridized carbons (Fsp3) is 1.00. The predicted molar refractivity (Wildman–Crippen MR) is 85.0 cm³/mol. The Morgan fingerprint density at radius 3 is 1.22 bits per heavy atom. The standard InChI is InChI=1S/2C6H13NO3S.Ca/c2*1-5-2-3-6(4-5)7-11(8,9)10;/h2*5-7H,2-4H2,1H3,(H,8,9,10);/q;;+2/p-2. The molecule has 4 unspecified atom stereocenters. The van der Waals surface area contributed by atoms with E-state index in [1.54, 1.807) is 0 Å². The molecule has 4 atom stereocenters. The van der Waals surface area contributed by atoms with Gasteiger partial charge in [-0.3, -0.25) is 0 Å². The molecule has 2 fully saturated rings. The number of hydrogen-bond acceptors (Lipinski definition) is 6. The van der Waals surface area contributed by atoms with Crippen LogP contribution in [0.5, 0.6) is 0 Å². The molecule has 2 aliphatic carbocycles. The van der Waals surface area contributed by atoms with Gasteiger partial charge < -0.3 is 9.11 Å². The topological polar surface area (TPSA) is 138 Å². The Hall–Kier alpha value is 1.000. The summed E-state index contributed by atoms with van der Waals surface area (Å²) < 4.78 is 65.5. The molecule has 0 amide bonds. The van der Waals surface area contributed by atoms with E-state index < -0.39 is 20.6 Å². The Morgan fingerprint density at radius 2 is 1.04 bits per heavy atom. The Balaban J connectivity index is 0.000000403. The van der Waals surface area contributed by atoms with E-state index in [-0.39, 0.29) is 49.8 Å². The number of hydrogen-bond donors (Lipinski definition) is 2. The fourth-order valence-corrected chi connectivity index (χ4v) is 4.28. The zero-order valence-electron chi connectivity index (χ0n) is 13.5. The van der Waals surface area contributed by atoms with E-state index in [4.69, 9.17) is 0 Å². The van der Waals surface area contributed by atoms with Crippen molar-refractivity contribution in [1.82, 2.24) is 9.44 Å². The molecule has 0 radical (unpaired) electrons. The maximum atomic E-state index is 10.2. The minimum atomic E-state index is -4.23. The third-order valence-corrected chi connectivity index (χ3v) is 5.26. The summed E-state index contributed by atoms with van der Waals surface area (Å²) >= 11 is 0. The van der Waals surface area contributed by atoms with Gasteiger partial charge in [0.1, 0.15) is 0 Å². The van der Waals surface area contributed by atoms with Gasteiger partial charge in [0.05, 0.1) is 0 Å². The van der Waals surface area contributed by atoms with Crippen LogP contribution in [0.15, 0.2) is 0 Å². The van der Waals surface area contributed by atoms with Crippen molar-refractivity contribution in [3.05, 3.63) is 0 Å². The molecule has 0 bridgehead atoms. The first kappa shape index (κ1) is 24.0. The van der Waals surface area contributed by atoms with Crippen molar-refractivity contribution in [2.24, 2.45) is 11.8 Å². The van der Waals surface area contributed by atoms with Crippen molar-refractivity contribution in [3.8, 4) is 0 Å². The molecule has 0 heterocycles. The fourth-order valence-electron chi connectivity index (χ4n) is 3.04. The van der Waals surface area contributed by atoms with E-state index in [0.29, 0.717) is 11.8 Å². The van der Waals surface area contributed by atoms with Crippen molar-refractivity contribution in [2.75, 3.05) is 0 Å². The first-order valence-electron chi connectivity index (χ1n) is 7.41. The van der Waals surface area contributed by atoms with Crippen LogP contribution in [0.4, 0.5) is 0 Å². The largest absolute Gasteiger partial charge is 2.00 e. The molecule has 0 aromatic heterocycles. The molecular formula is C12H24CaN2O6S2. The molecule has 0 aromatic rings. The normalized spacial score (nSPS) is 31.1. The van der Waals surface area contributed by atoms with Gasteiger partial charge in [-0.2, -0.15) is 0 Å². The van der Waals surface area contributed by atoms with Gasteiger partial charge in [0.15, 0.2) is 20.6 Å². The molecule has 0 saturated heterocycles. The summed E-state index contributed by atoms with van der Waals surface area (Å²) in [7, 11) is -8.46. The Bertz CT molecular complexity index is 504. The average Bonchev–Trinajstić information content (AvgIpc) is 2.84. The first-order chi connectivity index (χ1) is 9.94. The molecular weight excluding hydrogens is 372 g/mol. The minimum absolute atomic E-state index is 0. The Kier molecular flexibility index (Phi) is 10.7. The first-order valence-corrected chi connectivity index (χ1v) is 10.2. The van der Waals surface area contributed by atoms with Crippen LogP contribution in [0.2, 0.25) is 0 Å². The third kappa shape index (κ3) is 12.1. The Morgan fingerprint density at radius 1 is 0.739 bits per heavy atom. The van der Waals surface area contributed by atoms with Gasteiger partial charge in [-0.25, -0.2) is 26.3 Å². The second kappa shape index (κ2) is 10.2. The van der Waals surface area contributed by atoms with Gasteiger partial charge in [0.25, 0.3) is 0 Å². The molecule has 2 aliphatic rings. The average molecular weight is 397 g/mol. The minimum Gasteiger partial charge on any atom is -0.735 e. The molecule has 0 aromatic carbocycles. The zero-order valence-corrected chi connectivity index (χ0v) is 17.4. The van der Waals surface area contributed by atoms with Crippen LogP contribution in [0.1, 0.15) is 52.4 Å².